The lowest BCUT2D eigenvalue weighted by Crippen LogP contribution is -2.06. The van der Waals surface area contributed by atoms with Gasteiger partial charge in [-0.15, -0.1) is 0 Å². The van der Waals surface area contributed by atoms with E-state index >= 15 is 0 Å². The van der Waals surface area contributed by atoms with Crippen molar-refractivity contribution < 1.29 is 8.42 Å². The maximum absolute atomic E-state index is 11.9. The summed E-state index contributed by atoms with van der Waals surface area (Å²) in [7, 11) is -3.50. The van der Waals surface area contributed by atoms with Crippen LogP contribution in [0.15, 0.2) is 45.7 Å². The van der Waals surface area contributed by atoms with E-state index < -0.39 is 10.0 Å². The lowest BCUT2D eigenvalue weighted by atomic mass is 9.97. The number of rotatable bonds is 4. The molecule has 6 heteroatoms. The second-order valence-corrected chi connectivity index (χ2v) is 7.47. The van der Waals surface area contributed by atoms with Crippen molar-refractivity contribution in [3.8, 4) is 6.07 Å². The van der Waals surface area contributed by atoms with Crippen LogP contribution in [0.5, 0.6) is 0 Å². The lowest BCUT2D eigenvalue weighted by Gasteiger charge is -2.07. The van der Waals surface area contributed by atoms with Crippen molar-refractivity contribution in [2.45, 2.75) is 20.3 Å². The molecular weight excluding hydrogens is 316 g/mol. The number of allylic oxidation sites excluding steroid dienone is 2. The largest absolute Gasteiger partial charge is 0.254 e. The Morgan fingerprint density at radius 3 is 2.73 bits per heavy atom. The van der Waals surface area contributed by atoms with Gasteiger partial charge in [0.05, 0.1) is 11.3 Å². The third kappa shape index (κ3) is 3.67. The summed E-state index contributed by atoms with van der Waals surface area (Å²) in [6.07, 6.45) is 2.26. The Hall–Kier alpha value is -1.84. The second kappa shape index (κ2) is 6.95. The minimum absolute atomic E-state index is 0.0105. The molecule has 1 aliphatic rings. The van der Waals surface area contributed by atoms with Gasteiger partial charge in [-0.05, 0) is 36.0 Å². The SMILES string of the molecule is CCCS(=O)(=O)/N=C1/SC=C/C1=C(/C#N)c1ccccc1C. The van der Waals surface area contributed by atoms with Gasteiger partial charge in [0.25, 0.3) is 10.0 Å². The standard InChI is InChI=1S/C16H16N2O2S2/c1-3-10-22(19,20)18-16-14(8-9-21-16)15(11-17)13-7-5-4-6-12(13)2/h4-9H,3,10H2,1-2H3/b15-14+,18-16+. The van der Waals surface area contributed by atoms with E-state index in [1.54, 1.807) is 18.4 Å². The smallest absolute Gasteiger partial charge is 0.205 e. The molecule has 1 aromatic rings. The van der Waals surface area contributed by atoms with Crippen molar-refractivity contribution >= 4 is 32.4 Å². The number of aryl methyl sites for hydroxylation is 1. The zero-order chi connectivity index (χ0) is 16.2. The van der Waals surface area contributed by atoms with Crippen LogP contribution in [0.4, 0.5) is 0 Å². The van der Waals surface area contributed by atoms with Crippen LogP contribution in [0.3, 0.4) is 0 Å². The first-order chi connectivity index (χ1) is 10.5. The minimum atomic E-state index is -3.50. The van der Waals surface area contributed by atoms with Gasteiger partial charge in [-0.2, -0.15) is 9.66 Å². The third-order valence-corrected chi connectivity index (χ3v) is 5.43. The highest BCUT2D eigenvalue weighted by molar-refractivity contribution is 8.18. The van der Waals surface area contributed by atoms with Crippen LogP contribution in [-0.2, 0) is 10.0 Å². The topological polar surface area (TPSA) is 70.3 Å². The van der Waals surface area contributed by atoms with Crippen LogP contribution in [0.1, 0.15) is 24.5 Å². The first-order valence-electron chi connectivity index (χ1n) is 6.85. The van der Waals surface area contributed by atoms with Crippen LogP contribution in [0.25, 0.3) is 5.57 Å². The molecule has 2 rings (SSSR count). The van der Waals surface area contributed by atoms with Crippen LogP contribution < -0.4 is 0 Å². The summed E-state index contributed by atoms with van der Waals surface area (Å²) < 4.78 is 27.7. The molecule has 0 unspecified atom stereocenters. The molecule has 114 valence electrons. The summed E-state index contributed by atoms with van der Waals surface area (Å²) in [4.78, 5) is 0. The molecule has 1 aliphatic heterocycles. The molecule has 0 atom stereocenters. The van der Waals surface area contributed by atoms with Gasteiger partial charge in [0.1, 0.15) is 11.1 Å². The number of thioether (sulfide) groups is 1. The van der Waals surface area contributed by atoms with Gasteiger partial charge in [-0.1, -0.05) is 43.0 Å². The van der Waals surface area contributed by atoms with Gasteiger partial charge >= 0.3 is 0 Å². The first kappa shape index (κ1) is 16.5. The summed E-state index contributed by atoms with van der Waals surface area (Å²) in [5, 5.41) is 11.7. The van der Waals surface area contributed by atoms with E-state index in [-0.39, 0.29) is 5.75 Å². The Kier molecular flexibility index (Phi) is 5.22. The zero-order valence-corrected chi connectivity index (χ0v) is 14.0. The molecule has 0 amide bonds. The quantitative estimate of drug-likeness (QED) is 0.789. The molecule has 4 nitrogen and oxygen atoms in total. The first-order valence-corrected chi connectivity index (χ1v) is 9.34. The minimum Gasteiger partial charge on any atom is -0.205 e. The number of nitrogens with zero attached hydrogens (tertiary/aromatic N) is 2. The number of hydrogen-bond acceptors (Lipinski definition) is 4. The van der Waals surface area contributed by atoms with E-state index in [2.05, 4.69) is 10.5 Å². The van der Waals surface area contributed by atoms with Crippen LogP contribution in [0, 0.1) is 18.3 Å². The number of nitriles is 1. The molecular formula is C16H16N2O2S2. The Labute approximate surface area is 135 Å². The fourth-order valence-electron chi connectivity index (χ4n) is 2.11. The van der Waals surface area contributed by atoms with Gasteiger partial charge in [-0.25, -0.2) is 8.42 Å². The van der Waals surface area contributed by atoms with Crippen molar-refractivity contribution in [3.05, 3.63) is 52.4 Å². The van der Waals surface area contributed by atoms with Crippen molar-refractivity contribution in [1.29, 1.82) is 5.26 Å². The Bertz CT molecular complexity index is 813. The Morgan fingerprint density at radius 2 is 2.09 bits per heavy atom. The molecule has 1 aromatic carbocycles. The van der Waals surface area contributed by atoms with Crippen molar-refractivity contribution in [1.82, 2.24) is 0 Å². The molecule has 0 spiro atoms. The average Bonchev–Trinajstić information content (AvgIpc) is 2.89. The van der Waals surface area contributed by atoms with Crippen molar-refractivity contribution in [2.75, 3.05) is 5.75 Å². The van der Waals surface area contributed by atoms with E-state index in [9.17, 15) is 13.7 Å². The molecule has 0 radical (unpaired) electrons. The lowest BCUT2D eigenvalue weighted by molar-refractivity contribution is 0.597. The van der Waals surface area contributed by atoms with E-state index in [4.69, 9.17) is 0 Å². The molecule has 0 aliphatic carbocycles. The molecule has 0 fully saturated rings. The van der Waals surface area contributed by atoms with Crippen LogP contribution in [-0.4, -0.2) is 19.2 Å². The molecule has 0 N–H and O–H groups in total. The van der Waals surface area contributed by atoms with E-state index in [1.807, 2.05) is 31.2 Å². The van der Waals surface area contributed by atoms with Gasteiger partial charge in [0.15, 0.2) is 0 Å². The normalized spacial score (nSPS) is 18.5. The Balaban J connectivity index is 2.57. The Morgan fingerprint density at radius 1 is 1.36 bits per heavy atom. The zero-order valence-electron chi connectivity index (χ0n) is 12.4. The number of hydrogen-bond donors (Lipinski definition) is 0. The van der Waals surface area contributed by atoms with Crippen molar-refractivity contribution in [3.63, 3.8) is 0 Å². The van der Waals surface area contributed by atoms with Crippen LogP contribution in [0.2, 0.25) is 0 Å². The monoisotopic (exact) mass is 332 g/mol. The number of benzene rings is 1. The molecule has 0 aromatic heterocycles. The van der Waals surface area contributed by atoms with Gasteiger partial charge in [0, 0.05) is 5.57 Å². The van der Waals surface area contributed by atoms with E-state index in [1.165, 1.54) is 11.8 Å². The summed E-state index contributed by atoms with van der Waals surface area (Å²) in [5.74, 6) is 0.0105. The highest BCUT2D eigenvalue weighted by atomic mass is 32.2. The summed E-state index contributed by atoms with van der Waals surface area (Å²) in [5.41, 5.74) is 2.78. The molecule has 22 heavy (non-hydrogen) atoms. The predicted molar refractivity (Wildman–Crippen MR) is 92.0 cm³/mol. The molecule has 1 heterocycles. The predicted octanol–water partition coefficient (Wildman–Crippen LogP) is 3.67. The van der Waals surface area contributed by atoms with Gasteiger partial charge < -0.3 is 0 Å². The maximum atomic E-state index is 11.9. The average molecular weight is 332 g/mol. The fraction of sp³-hybridized carbons (Fsp3) is 0.250. The van der Waals surface area contributed by atoms with Gasteiger partial charge in [-0.3, -0.25) is 0 Å². The summed E-state index contributed by atoms with van der Waals surface area (Å²) >= 11 is 1.23. The molecule has 0 saturated heterocycles. The molecule has 0 saturated carbocycles. The van der Waals surface area contributed by atoms with Crippen LogP contribution >= 0.6 is 11.8 Å². The van der Waals surface area contributed by atoms with Crippen molar-refractivity contribution in [2.24, 2.45) is 4.40 Å². The van der Waals surface area contributed by atoms with E-state index in [0.29, 0.717) is 22.6 Å². The number of sulfonamides is 1. The third-order valence-electron chi connectivity index (χ3n) is 3.12. The van der Waals surface area contributed by atoms with Gasteiger partial charge in [0.2, 0.25) is 0 Å². The molecule has 0 bridgehead atoms. The fourth-order valence-corrected chi connectivity index (χ4v) is 4.21. The highest BCUT2D eigenvalue weighted by Crippen LogP contribution is 2.32. The second-order valence-electron chi connectivity index (χ2n) is 4.82. The summed E-state index contributed by atoms with van der Waals surface area (Å²) in [6, 6.07) is 9.72. The van der Waals surface area contributed by atoms with E-state index in [0.717, 1.165) is 11.1 Å². The maximum Gasteiger partial charge on any atom is 0.254 e. The summed E-state index contributed by atoms with van der Waals surface area (Å²) in [6.45, 7) is 3.71. The highest BCUT2D eigenvalue weighted by Gasteiger charge is 2.21.